The van der Waals surface area contributed by atoms with Crippen molar-refractivity contribution in [3.63, 3.8) is 0 Å². The maximum absolute atomic E-state index is 8.94. The van der Waals surface area contributed by atoms with E-state index in [0.29, 0.717) is 39.1 Å². The van der Waals surface area contributed by atoms with Gasteiger partial charge in [0.15, 0.2) is 5.58 Å². The lowest BCUT2D eigenvalue weighted by Gasteiger charge is -1.96. The molecule has 0 amide bonds. The molecule has 0 unspecified atom stereocenters. The van der Waals surface area contributed by atoms with Crippen molar-refractivity contribution in [1.29, 1.82) is 5.26 Å². The first-order valence-corrected chi connectivity index (χ1v) is 7.23. The number of oxazole rings is 1. The van der Waals surface area contributed by atoms with E-state index in [4.69, 9.17) is 21.3 Å². The summed E-state index contributed by atoms with van der Waals surface area (Å²) in [6, 6.07) is 14.6. The predicted molar refractivity (Wildman–Crippen MR) is 86.8 cm³/mol. The lowest BCUT2D eigenvalue weighted by molar-refractivity contribution is 0.617. The Morgan fingerprint density at radius 2 is 1.96 bits per heavy atom. The smallest absolute Gasteiger partial charge is 0.245 e. The number of benzene rings is 2. The van der Waals surface area contributed by atoms with Crippen LogP contribution in [-0.2, 0) is 0 Å². The molecule has 4 aromatic rings. The molecule has 0 saturated carbocycles. The first kappa shape index (κ1) is 13.6. The summed E-state index contributed by atoms with van der Waals surface area (Å²) in [7, 11) is 0. The number of aromatic amines is 1. The van der Waals surface area contributed by atoms with E-state index in [2.05, 4.69) is 21.0 Å². The lowest BCUT2D eigenvalue weighted by atomic mass is 10.2. The number of H-pyrrole nitrogens is 1. The Balaban J connectivity index is 1.74. The van der Waals surface area contributed by atoms with Crippen LogP contribution in [0.1, 0.15) is 5.56 Å². The van der Waals surface area contributed by atoms with Gasteiger partial charge in [-0.1, -0.05) is 11.6 Å². The number of hydrogen-bond acceptors (Lipinski definition) is 4. The molecule has 23 heavy (non-hydrogen) atoms. The summed E-state index contributed by atoms with van der Waals surface area (Å²) in [5, 5.41) is 9.61. The van der Waals surface area contributed by atoms with Crippen molar-refractivity contribution in [2.24, 2.45) is 0 Å². The molecule has 0 saturated heterocycles. The molecule has 0 radical (unpaired) electrons. The van der Waals surface area contributed by atoms with Crippen LogP contribution >= 0.6 is 11.6 Å². The number of imidazole rings is 1. The van der Waals surface area contributed by atoms with Crippen LogP contribution in [0.3, 0.4) is 0 Å². The van der Waals surface area contributed by atoms with Gasteiger partial charge < -0.3 is 9.40 Å². The van der Waals surface area contributed by atoms with Gasteiger partial charge in [-0.25, -0.2) is 9.97 Å². The van der Waals surface area contributed by atoms with Crippen molar-refractivity contribution in [2.75, 3.05) is 0 Å². The monoisotopic (exact) mass is 320 g/mol. The third-order valence-corrected chi connectivity index (χ3v) is 3.69. The molecular formula is C17H9ClN4O. The number of fused-ring (bicyclic) bond motifs is 1. The third-order valence-electron chi connectivity index (χ3n) is 3.44. The van der Waals surface area contributed by atoms with E-state index in [1.54, 1.807) is 24.4 Å². The summed E-state index contributed by atoms with van der Waals surface area (Å²) in [4.78, 5) is 11.9. The zero-order valence-electron chi connectivity index (χ0n) is 11.7. The number of aromatic nitrogens is 3. The Kier molecular flexibility index (Phi) is 3.11. The highest BCUT2D eigenvalue weighted by molar-refractivity contribution is 6.30. The molecule has 2 aromatic heterocycles. The lowest BCUT2D eigenvalue weighted by Crippen LogP contribution is -1.81. The van der Waals surface area contributed by atoms with Crippen LogP contribution in [0.4, 0.5) is 0 Å². The maximum atomic E-state index is 8.94. The molecule has 1 N–H and O–H groups in total. The Bertz CT molecular complexity index is 1040. The number of halogens is 1. The molecule has 0 atom stereocenters. The van der Waals surface area contributed by atoms with E-state index in [1.165, 1.54) is 0 Å². The zero-order valence-corrected chi connectivity index (χ0v) is 12.5. The SMILES string of the molecule is N#Cc1ccc2oc(-c3cnc(-c4ccc(Cl)cc4)[nH]3)nc2c1. The summed E-state index contributed by atoms with van der Waals surface area (Å²) in [5.74, 6) is 1.14. The highest BCUT2D eigenvalue weighted by atomic mass is 35.5. The van der Waals surface area contributed by atoms with Gasteiger partial charge in [0.05, 0.1) is 17.8 Å². The maximum Gasteiger partial charge on any atom is 0.245 e. The van der Waals surface area contributed by atoms with Crippen LogP contribution in [0, 0.1) is 11.3 Å². The molecule has 0 spiro atoms. The van der Waals surface area contributed by atoms with Crippen molar-refractivity contribution in [2.45, 2.75) is 0 Å². The molecule has 110 valence electrons. The first-order chi connectivity index (χ1) is 11.2. The molecule has 2 heterocycles. The van der Waals surface area contributed by atoms with Gasteiger partial charge in [-0.3, -0.25) is 0 Å². The zero-order chi connectivity index (χ0) is 15.8. The molecule has 0 fully saturated rings. The van der Waals surface area contributed by atoms with E-state index in [9.17, 15) is 0 Å². The summed E-state index contributed by atoms with van der Waals surface area (Å²) in [6.07, 6.45) is 1.67. The molecule has 2 aromatic carbocycles. The number of nitrogens with zero attached hydrogens (tertiary/aromatic N) is 3. The van der Waals surface area contributed by atoms with Gasteiger partial charge in [-0.15, -0.1) is 0 Å². The normalized spacial score (nSPS) is 10.8. The van der Waals surface area contributed by atoms with Gasteiger partial charge in [-0.2, -0.15) is 5.26 Å². The Labute approximate surface area is 136 Å². The quantitative estimate of drug-likeness (QED) is 0.593. The second-order valence-corrected chi connectivity index (χ2v) is 5.40. The largest absolute Gasteiger partial charge is 0.435 e. The van der Waals surface area contributed by atoms with Crippen molar-refractivity contribution < 1.29 is 4.42 Å². The van der Waals surface area contributed by atoms with E-state index < -0.39 is 0 Å². The van der Waals surface area contributed by atoms with Gasteiger partial charge in [0.25, 0.3) is 0 Å². The minimum absolute atomic E-state index is 0.433. The molecule has 0 bridgehead atoms. The number of nitrogens with one attached hydrogen (secondary N) is 1. The molecule has 0 aliphatic carbocycles. The summed E-state index contributed by atoms with van der Waals surface area (Å²) < 4.78 is 5.71. The summed E-state index contributed by atoms with van der Waals surface area (Å²) in [6.45, 7) is 0. The van der Waals surface area contributed by atoms with Crippen molar-refractivity contribution in [3.8, 4) is 29.0 Å². The van der Waals surface area contributed by atoms with Crippen LogP contribution in [0.5, 0.6) is 0 Å². The average molecular weight is 321 g/mol. The van der Waals surface area contributed by atoms with E-state index >= 15 is 0 Å². The minimum atomic E-state index is 0.433. The van der Waals surface area contributed by atoms with Gasteiger partial charge >= 0.3 is 0 Å². The average Bonchev–Trinajstić information content (AvgIpc) is 3.21. The number of rotatable bonds is 2. The highest BCUT2D eigenvalue weighted by Gasteiger charge is 2.12. The fraction of sp³-hybridized carbons (Fsp3) is 0. The second kappa shape index (κ2) is 5.27. The molecule has 0 aliphatic rings. The van der Waals surface area contributed by atoms with Crippen molar-refractivity contribution >= 4 is 22.7 Å². The standard InChI is InChI=1S/C17H9ClN4O/c18-12-4-2-11(3-5-12)16-20-9-14(21-16)17-22-13-7-10(8-19)1-6-15(13)23-17/h1-7,9H,(H,20,21). The van der Waals surface area contributed by atoms with Crippen LogP contribution in [0.15, 0.2) is 53.1 Å². The van der Waals surface area contributed by atoms with Crippen molar-refractivity contribution in [3.05, 3.63) is 59.2 Å². The van der Waals surface area contributed by atoms with Gasteiger partial charge in [0.1, 0.15) is 17.0 Å². The Morgan fingerprint density at radius 3 is 2.74 bits per heavy atom. The number of nitriles is 1. The fourth-order valence-corrected chi connectivity index (χ4v) is 2.42. The van der Waals surface area contributed by atoms with Crippen LogP contribution in [0.25, 0.3) is 34.1 Å². The Hall–Kier alpha value is -3.10. The minimum Gasteiger partial charge on any atom is -0.435 e. The highest BCUT2D eigenvalue weighted by Crippen LogP contribution is 2.26. The van der Waals surface area contributed by atoms with Gasteiger partial charge in [-0.05, 0) is 42.5 Å². The molecule has 6 heteroatoms. The van der Waals surface area contributed by atoms with Gasteiger partial charge in [0, 0.05) is 10.6 Å². The fourth-order valence-electron chi connectivity index (χ4n) is 2.30. The summed E-state index contributed by atoms with van der Waals surface area (Å²) in [5.41, 5.74) is 3.40. The third kappa shape index (κ3) is 2.45. The molecular weight excluding hydrogens is 312 g/mol. The van der Waals surface area contributed by atoms with Crippen LogP contribution in [-0.4, -0.2) is 15.0 Å². The van der Waals surface area contributed by atoms with E-state index in [0.717, 1.165) is 5.56 Å². The van der Waals surface area contributed by atoms with Crippen molar-refractivity contribution in [1.82, 2.24) is 15.0 Å². The molecule has 0 aliphatic heterocycles. The first-order valence-electron chi connectivity index (χ1n) is 6.85. The topological polar surface area (TPSA) is 78.5 Å². The van der Waals surface area contributed by atoms with Gasteiger partial charge in [0.2, 0.25) is 5.89 Å². The van der Waals surface area contributed by atoms with Crippen LogP contribution < -0.4 is 0 Å². The summed E-state index contributed by atoms with van der Waals surface area (Å²) >= 11 is 5.89. The van der Waals surface area contributed by atoms with E-state index in [-0.39, 0.29) is 0 Å². The molecule has 5 nitrogen and oxygen atoms in total. The predicted octanol–water partition coefficient (Wildman–Crippen LogP) is 4.41. The Morgan fingerprint density at radius 1 is 1.13 bits per heavy atom. The second-order valence-electron chi connectivity index (χ2n) is 4.97. The van der Waals surface area contributed by atoms with E-state index in [1.807, 2.05) is 24.3 Å². The number of hydrogen-bond donors (Lipinski definition) is 1. The molecule has 4 rings (SSSR count). The van der Waals surface area contributed by atoms with Crippen LogP contribution in [0.2, 0.25) is 5.02 Å².